The van der Waals surface area contributed by atoms with Crippen LogP contribution < -0.4 is 0 Å². The van der Waals surface area contributed by atoms with Crippen molar-refractivity contribution in [2.75, 3.05) is 7.11 Å². The normalized spacial score (nSPS) is 12.1. The van der Waals surface area contributed by atoms with Crippen molar-refractivity contribution in [3.05, 3.63) is 34.3 Å². The number of hydrogen-bond donors (Lipinski definition) is 0. The molecule has 2 nitrogen and oxygen atoms in total. The summed E-state index contributed by atoms with van der Waals surface area (Å²) in [4.78, 5) is 0. The molecule has 0 saturated heterocycles. The predicted octanol–water partition coefficient (Wildman–Crippen LogP) is 2.66. The zero-order chi connectivity index (χ0) is 8.97. The number of benzene rings is 1. The lowest BCUT2D eigenvalue weighted by atomic mass is 10.1. The van der Waals surface area contributed by atoms with E-state index in [0.29, 0.717) is 0 Å². The van der Waals surface area contributed by atoms with Gasteiger partial charge in [-0.3, -0.25) is 0 Å². The fourth-order valence-corrected chi connectivity index (χ4v) is 1.43. The summed E-state index contributed by atoms with van der Waals surface area (Å²) in [6.45, 7) is 0. The molecule has 1 aromatic rings. The molecule has 0 N–H and O–H groups in total. The van der Waals surface area contributed by atoms with Crippen LogP contribution in [-0.4, -0.2) is 7.11 Å². The molecule has 3 heteroatoms. The van der Waals surface area contributed by atoms with Crippen molar-refractivity contribution in [2.45, 2.75) is 6.10 Å². The van der Waals surface area contributed by atoms with Gasteiger partial charge in [-0.15, -0.1) is 0 Å². The van der Waals surface area contributed by atoms with E-state index >= 15 is 0 Å². The van der Waals surface area contributed by atoms with Crippen LogP contribution in [0.15, 0.2) is 28.7 Å². The summed E-state index contributed by atoms with van der Waals surface area (Å²) < 4.78 is 5.88. The Kier molecular flexibility index (Phi) is 3.27. The molecule has 0 fully saturated rings. The van der Waals surface area contributed by atoms with Gasteiger partial charge in [-0.05, 0) is 6.07 Å². The van der Waals surface area contributed by atoms with Gasteiger partial charge in [-0.2, -0.15) is 5.26 Å². The predicted molar refractivity (Wildman–Crippen MR) is 49.5 cm³/mol. The first-order valence-corrected chi connectivity index (χ1v) is 4.25. The third kappa shape index (κ3) is 1.84. The Labute approximate surface area is 79.9 Å². The molecule has 0 bridgehead atoms. The van der Waals surface area contributed by atoms with Gasteiger partial charge in [0.05, 0.1) is 6.07 Å². The Morgan fingerprint density at radius 1 is 1.50 bits per heavy atom. The zero-order valence-electron chi connectivity index (χ0n) is 6.62. The van der Waals surface area contributed by atoms with E-state index in [9.17, 15) is 0 Å². The van der Waals surface area contributed by atoms with Crippen LogP contribution in [0.5, 0.6) is 0 Å². The smallest absolute Gasteiger partial charge is 0.169 e. The largest absolute Gasteiger partial charge is 0.362 e. The number of hydrogen-bond acceptors (Lipinski definition) is 2. The van der Waals surface area contributed by atoms with Gasteiger partial charge in [-0.25, -0.2) is 0 Å². The number of methoxy groups -OCH3 is 1. The van der Waals surface area contributed by atoms with Crippen LogP contribution in [-0.2, 0) is 4.74 Å². The van der Waals surface area contributed by atoms with Crippen molar-refractivity contribution in [3.63, 3.8) is 0 Å². The second-order valence-electron chi connectivity index (χ2n) is 2.27. The van der Waals surface area contributed by atoms with Gasteiger partial charge in [0.2, 0.25) is 0 Å². The van der Waals surface area contributed by atoms with Gasteiger partial charge in [-0.1, -0.05) is 34.1 Å². The minimum Gasteiger partial charge on any atom is -0.362 e. The molecule has 0 spiro atoms. The highest BCUT2D eigenvalue weighted by molar-refractivity contribution is 9.10. The van der Waals surface area contributed by atoms with Gasteiger partial charge in [0.1, 0.15) is 0 Å². The third-order valence-electron chi connectivity index (χ3n) is 1.54. The fourth-order valence-electron chi connectivity index (χ4n) is 0.937. The van der Waals surface area contributed by atoms with Gasteiger partial charge in [0, 0.05) is 17.1 Å². The van der Waals surface area contributed by atoms with E-state index in [4.69, 9.17) is 10.00 Å². The standard InChI is InChI=1S/C9H8BrNO/c1-12-9(6-11)7-4-2-3-5-8(7)10/h2-5,9H,1H3/t9-/m0/s1. The number of ether oxygens (including phenoxy) is 1. The summed E-state index contributed by atoms with van der Waals surface area (Å²) in [7, 11) is 1.52. The first kappa shape index (κ1) is 9.24. The van der Waals surface area contributed by atoms with Crippen molar-refractivity contribution in [2.24, 2.45) is 0 Å². The number of nitriles is 1. The second kappa shape index (κ2) is 4.24. The number of halogens is 1. The summed E-state index contributed by atoms with van der Waals surface area (Å²) >= 11 is 3.35. The van der Waals surface area contributed by atoms with E-state index < -0.39 is 6.10 Å². The van der Waals surface area contributed by atoms with Crippen LogP contribution in [0.2, 0.25) is 0 Å². The van der Waals surface area contributed by atoms with Crippen LogP contribution in [0.1, 0.15) is 11.7 Å². The Morgan fingerprint density at radius 3 is 2.67 bits per heavy atom. The van der Waals surface area contributed by atoms with Crippen LogP contribution in [0.4, 0.5) is 0 Å². The monoisotopic (exact) mass is 225 g/mol. The van der Waals surface area contributed by atoms with E-state index in [1.807, 2.05) is 24.3 Å². The fraction of sp³-hybridized carbons (Fsp3) is 0.222. The molecule has 0 aliphatic heterocycles. The Morgan fingerprint density at radius 2 is 2.17 bits per heavy atom. The van der Waals surface area contributed by atoms with Crippen LogP contribution in [0.3, 0.4) is 0 Å². The lowest BCUT2D eigenvalue weighted by Crippen LogP contribution is -1.98. The second-order valence-corrected chi connectivity index (χ2v) is 3.12. The Balaban J connectivity index is 3.02. The van der Waals surface area contributed by atoms with Crippen molar-refractivity contribution in [1.29, 1.82) is 5.26 Å². The van der Waals surface area contributed by atoms with E-state index in [0.717, 1.165) is 10.0 Å². The van der Waals surface area contributed by atoms with Gasteiger partial charge in [0.25, 0.3) is 0 Å². The minimum atomic E-state index is -0.486. The van der Waals surface area contributed by atoms with E-state index in [1.54, 1.807) is 0 Å². The molecular weight excluding hydrogens is 218 g/mol. The molecule has 0 saturated carbocycles. The van der Waals surface area contributed by atoms with Crippen LogP contribution in [0, 0.1) is 11.3 Å². The molecule has 0 aliphatic carbocycles. The molecule has 1 rings (SSSR count). The maximum Gasteiger partial charge on any atom is 0.169 e. The molecule has 0 amide bonds. The van der Waals surface area contributed by atoms with Crippen molar-refractivity contribution in [1.82, 2.24) is 0 Å². The first-order chi connectivity index (χ1) is 5.79. The van der Waals surface area contributed by atoms with Gasteiger partial charge < -0.3 is 4.74 Å². The number of rotatable bonds is 2. The quantitative estimate of drug-likeness (QED) is 0.776. The molecule has 0 aliphatic rings. The molecule has 0 heterocycles. The van der Waals surface area contributed by atoms with Crippen molar-refractivity contribution < 1.29 is 4.74 Å². The highest BCUT2D eigenvalue weighted by Crippen LogP contribution is 2.24. The summed E-state index contributed by atoms with van der Waals surface area (Å²) in [5, 5.41) is 8.71. The first-order valence-electron chi connectivity index (χ1n) is 3.46. The van der Waals surface area contributed by atoms with Gasteiger partial charge >= 0.3 is 0 Å². The number of nitrogens with zero attached hydrogens (tertiary/aromatic N) is 1. The molecule has 1 aromatic carbocycles. The molecule has 0 aromatic heterocycles. The summed E-state index contributed by atoms with van der Waals surface area (Å²) in [5.41, 5.74) is 0.863. The summed E-state index contributed by atoms with van der Waals surface area (Å²) in [6.07, 6.45) is -0.486. The van der Waals surface area contributed by atoms with Crippen LogP contribution >= 0.6 is 15.9 Å². The Bertz CT molecular complexity index is 306. The van der Waals surface area contributed by atoms with Crippen molar-refractivity contribution >= 4 is 15.9 Å². The van der Waals surface area contributed by atoms with Crippen molar-refractivity contribution in [3.8, 4) is 6.07 Å². The summed E-state index contributed by atoms with van der Waals surface area (Å²) in [5.74, 6) is 0. The molecule has 12 heavy (non-hydrogen) atoms. The van der Waals surface area contributed by atoms with Crippen LogP contribution in [0.25, 0.3) is 0 Å². The topological polar surface area (TPSA) is 33.0 Å². The Hall–Kier alpha value is -0.850. The highest BCUT2D eigenvalue weighted by atomic mass is 79.9. The minimum absolute atomic E-state index is 0.486. The van der Waals surface area contributed by atoms with E-state index in [2.05, 4.69) is 22.0 Å². The molecule has 62 valence electrons. The average molecular weight is 226 g/mol. The summed E-state index contributed by atoms with van der Waals surface area (Å²) in [6, 6.07) is 9.59. The lowest BCUT2D eigenvalue weighted by Gasteiger charge is -2.08. The molecular formula is C9H8BrNO. The van der Waals surface area contributed by atoms with E-state index in [1.165, 1.54) is 7.11 Å². The van der Waals surface area contributed by atoms with E-state index in [-0.39, 0.29) is 0 Å². The molecule has 0 unspecified atom stereocenters. The third-order valence-corrected chi connectivity index (χ3v) is 2.26. The molecule has 1 atom stereocenters. The molecule has 0 radical (unpaired) electrons. The van der Waals surface area contributed by atoms with Gasteiger partial charge in [0.15, 0.2) is 6.10 Å². The SMILES string of the molecule is CO[C@@H](C#N)c1ccccc1Br. The lowest BCUT2D eigenvalue weighted by molar-refractivity contribution is 0.148. The average Bonchev–Trinajstić information content (AvgIpc) is 2.10. The zero-order valence-corrected chi connectivity index (χ0v) is 8.21. The maximum absolute atomic E-state index is 8.71. The highest BCUT2D eigenvalue weighted by Gasteiger charge is 2.10. The maximum atomic E-state index is 8.71.